The minimum atomic E-state index is -0.917. The zero-order valence-electron chi connectivity index (χ0n) is 13.0. The number of ether oxygens (including phenoxy) is 1. The van der Waals surface area contributed by atoms with E-state index in [-0.39, 0.29) is 0 Å². The maximum atomic E-state index is 13.0. The van der Waals surface area contributed by atoms with Crippen molar-refractivity contribution in [3.63, 3.8) is 0 Å². The lowest BCUT2D eigenvalue weighted by Gasteiger charge is -2.12. The van der Waals surface area contributed by atoms with Gasteiger partial charge in [0, 0.05) is 18.0 Å². The van der Waals surface area contributed by atoms with Gasteiger partial charge in [-0.3, -0.25) is 4.99 Å². The molecular formula is C16H19F2N3OS. The lowest BCUT2D eigenvalue weighted by Crippen LogP contribution is -2.38. The Labute approximate surface area is 138 Å². The van der Waals surface area contributed by atoms with Crippen LogP contribution in [0.5, 0.6) is 5.75 Å². The fourth-order valence-electron chi connectivity index (χ4n) is 1.87. The van der Waals surface area contributed by atoms with Gasteiger partial charge in [0.15, 0.2) is 17.6 Å². The van der Waals surface area contributed by atoms with Crippen molar-refractivity contribution in [1.29, 1.82) is 0 Å². The number of hydrogen-bond acceptors (Lipinski definition) is 3. The van der Waals surface area contributed by atoms with Crippen LogP contribution in [-0.4, -0.2) is 26.2 Å². The molecule has 0 aliphatic rings. The lowest BCUT2D eigenvalue weighted by molar-refractivity contribution is 0.318. The molecule has 0 aliphatic heterocycles. The van der Waals surface area contributed by atoms with Gasteiger partial charge in [0.1, 0.15) is 12.4 Å². The van der Waals surface area contributed by atoms with Gasteiger partial charge < -0.3 is 15.4 Å². The van der Waals surface area contributed by atoms with Gasteiger partial charge in [0.25, 0.3) is 0 Å². The van der Waals surface area contributed by atoms with Gasteiger partial charge in [-0.2, -0.15) is 0 Å². The Morgan fingerprint density at radius 1 is 1.22 bits per heavy atom. The molecule has 0 bridgehead atoms. The molecule has 0 amide bonds. The molecular weight excluding hydrogens is 320 g/mol. The van der Waals surface area contributed by atoms with Gasteiger partial charge in [-0.25, -0.2) is 8.78 Å². The third-order valence-electron chi connectivity index (χ3n) is 3.16. The zero-order chi connectivity index (χ0) is 16.7. The third kappa shape index (κ3) is 5.21. The number of nitrogens with zero attached hydrogens (tertiary/aromatic N) is 1. The number of aliphatic imine (C=N–C) groups is 1. The van der Waals surface area contributed by atoms with Crippen molar-refractivity contribution in [2.75, 3.05) is 20.2 Å². The average molecular weight is 339 g/mol. The molecule has 1 aromatic carbocycles. The third-order valence-corrected chi connectivity index (χ3v) is 4.19. The van der Waals surface area contributed by atoms with Crippen molar-refractivity contribution in [2.45, 2.75) is 13.5 Å². The first-order valence-corrected chi connectivity index (χ1v) is 8.03. The fourth-order valence-corrected chi connectivity index (χ4v) is 2.72. The number of rotatable bonds is 6. The van der Waals surface area contributed by atoms with Crippen molar-refractivity contribution < 1.29 is 13.5 Å². The van der Waals surface area contributed by atoms with Crippen LogP contribution in [-0.2, 0) is 6.54 Å². The Morgan fingerprint density at radius 2 is 2.04 bits per heavy atom. The Kier molecular flexibility index (Phi) is 6.34. The first-order chi connectivity index (χ1) is 11.1. The summed E-state index contributed by atoms with van der Waals surface area (Å²) in [7, 11) is 1.69. The molecule has 0 saturated heterocycles. The van der Waals surface area contributed by atoms with E-state index in [2.05, 4.69) is 34.0 Å². The molecule has 2 aromatic rings. The second kappa shape index (κ2) is 8.47. The van der Waals surface area contributed by atoms with Gasteiger partial charge in [-0.15, -0.1) is 11.3 Å². The maximum absolute atomic E-state index is 13.0. The van der Waals surface area contributed by atoms with Crippen LogP contribution in [0.3, 0.4) is 0 Å². The molecule has 0 saturated carbocycles. The summed E-state index contributed by atoms with van der Waals surface area (Å²) in [4.78, 5) is 5.38. The minimum absolute atomic E-state index is 0.294. The van der Waals surface area contributed by atoms with E-state index in [1.54, 1.807) is 18.4 Å². The predicted molar refractivity (Wildman–Crippen MR) is 89.1 cm³/mol. The molecule has 2 rings (SSSR count). The number of aryl methyl sites for hydroxylation is 1. The van der Waals surface area contributed by atoms with Crippen LogP contribution in [0.2, 0.25) is 0 Å². The van der Waals surface area contributed by atoms with Crippen molar-refractivity contribution >= 4 is 17.3 Å². The van der Waals surface area contributed by atoms with Gasteiger partial charge >= 0.3 is 0 Å². The smallest absolute Gasteiger partial charge is 0.191 e. The highest BCUT2D eigenvalue weighted by molar-refractivity contribution is 7.10. The van der Waals surface area contributed by atoms with Gasteiger partial charge in [-0.05, 0) is 36.1 Å². The zero-order valence-corrected chi connectivity index (χ0v) is 13.8. The number of benzene rings is 1. The number of thiophene rings is 1. The number of halogens is 2. The molecule has 0 fully saturated rings. The van der Waals surface area contributed by atoms with E-state index in [9.17, 15) is 8.78 Å². The summed E-state index contributed by atoms with van der Waals surface area (Å²) >= 11 is 1.69. The number of nitrogens with one attached hydrogen (secondary N) is 2. The van der Waals surface area contributed by atoms with Crippen LogP contribution in [0.15, 0.2) is 34.6 Å². The second-order valence-corrected chi connectivity index (χ2v) is 5.80. The number of guanidine groups is 1. The monoisotopic (exact) mass is 339 g/mol. The summed E-state index contributed by atoms with van der Waals surface area (Å²) < 4.78 is 31.2. The molecule has 2 N–H and O–H groups in total. The van der Waals surface area contributed by atoms with Crippen molar-refractivity contribution in [1.82, 2.24) is 10.6 Å². The van der Waals surface area contributed by atoms with Crippen LogP contribution in [0.1, 0.15) is 10.4 Å². The SMILES string of the molecule is CN=C(NCCOc1ccc(F)c(F)c1)NCc1sccc1C. The highest BCUT2D eigenvalue weighted by atomic mass is 32.1. The molecule has 0 spiro atoms. The predicted octanol–water partition coefficient (Wildman–Crippen LogP) is 3.08. The van der Waals surface area contributed by atoms with Crippen molar-refractivity contribution in [2.24, 2.45) is 4.99 Å². The molecule has 0 unspecified atom stereocenters. The molecule has 1 heterocycles. The summed E-state index contributed by atoms with van der Waals surface area (Å²) in [6.45, 7) is 3.57. The van der Waals surface area contributed by atoms with Crippen LogP contribution in [0.25, 0.3) is 0 Å². The summed E-state index contributed by atoms with van der Waals surface area (Å²) in [6, 6.07) is 5.54. The molecule has 1 aromatic heterocycles. The Balaban J connectivity index is 1.71. The highest BCUT2D eigenvalue weighted by Crippen LogP contribution is 2.15. The first kappa shape index (κ1) is 17.2. The van der Waals surface area contributed by atoms with E-state index >= 15 is 0 Å². The summed E-state index contributed by atoms with van der Waals surface area (Å²) in [5, 5.41) is 8.36. The second-order valence-electron chi connectivity index (χ2n) is 4.80. The maximum Gasteiger partial charge on any atom is 0.191 e. The van der Waals surface area contributed by atoms with Crippen LogP contribution < -0.4 is 15.4 Å². The quantitative estimate of drug-likeness (QED) is 0.483. The topological polar surface area (TPSA) is 45.7 Å². The van der Waals surface area contributed by atoms with Crippen LogP contribution >= 0.6 is 11.3 Å². The standard InChI is InChI=1S/C16H19F2N3OS/c1-11-5-8-23-15(11)10-21-16(19-2)20-6-7-22-12-3-4-13(17)14(18)9-12/h3-5,8-9H,6-7,10H2,1-2H3,(H2,19,20,21). The van der Waals surface area contributed by atoms with Crippen LogP contribution in [0.4, 0.5) is 8.78 Å². The molecule has 7 heteroatoms. The summed E-state index contributed by atoms with van der Waals surface area (Å²) in [5.74, 6) is -0.849. The molecule has 124 valence electrons. The lowest BCUT2D eigenvalue weighted by atomic mass is 10.3. The van der Waals surface area contributed by atoms with E-state index in [1.165, 1.54) is 16.5 Å². The molecule has 0 radical (unpaired) electrons. The molecule has 0 atom stereocenters. The molecule has 0 aliphatic carbocycles. The molecule has 23 heavy (non-hydrogen) atoms. The average Bonchev–Trinajstić information content (AvgIpc) is 2.95. The Hall–Kier alpha value is -2.15. The fraction of sp³-hybridized carbons (Fsp3) is 0.312. The van der Waals surface area contributed by atoms with Gasteiger partial charge in [0.2, 0.25) is 0 Å². The van der Waals surface area contributed by atoms with Crippen molar-refractivity contribution in [3.05, 3.63) is 51.7 Å². The number of hydrogen-bond donors (Lipinski definition) is 2. The minimum Gasteiger partial charge on any atom is -0.492 e. The normalized spacial score (nSPS) is 11.4. The Bertz CT molecular complexity index is 673. The largest absolute Gasteiger partial charge is 0.492 e. The highest BCUT2D eigenvalue weighted by Gasteiger charge is 2.04. The summed E-state index contributed by atoms with van der Waals surface area (Å²) in [5.41, 5.74) is 1.25. The van der Waals surface area contributed by atoms with E-state index < -0.39 is 11.6 Å². The van der Waals surface area contributed by atoms with E-state index in [0.29, 0.717) is 31.4 Å². The van der Waals surface area contributed by atoms with E-state index in [4.69, 9.17) is 4.74 Å². The van der Waals surface area contributed by atoms with E-state index in [1.807, 2.05) is 0 Å². The summed E-state index contributed by atoms with van der Waals surface area (Å²) in [6.07, 6.45) is 0. The molecule has 4 nitrogen and oxygen atoms in total. The van der Waals surface area contributed by atoms with Gasteiger partial charge in [0.05, 0.1) is 13.1 Å². The first-order valence-electron chi connectivity index (χ1n) is 7.15. The van der Waals surface area contributed by atoms with E-state index in [0.717, 1.165) is 12.1 Å². The van der Waals surface area contributed by atoms with Gasteiger partial charge in [-0.1, -0.05) is 0 Å². The van der Waals surface area contributed by atoms with Crippen LogP contribution in [0, 0.1) is 18.6 Å². The van der Waals surface area contributed by atoms with Crippen molar-refractivity contribution in [3.8, 4) is 5.75 Å². The Morgan fingerprint density at radius 3 is 2.70 bits per heavy atom.